The third-order valence-corrected chi connectivity index (χ3v) is 6.24. The molecule has 0 aliphatic carbocycles. The largest absolute Gasteiger partial charge is 0.466 e. The van der Waals surface area contributed by atoms with Gasteiger partial charge in [0.05, 0.1) is 13.0 Å². The number of esters is 1. The standard InChI is InChI=1S/C21H33N7O2/c1-4-30-19(29)12-18-16(2)24-21-22-15-23-28(21)20(18)27-10-8-26(9-11-27)14-17-6-5-7-25(3)13-17/h15,17H,4-14H2,1-3H3/t17-/m0/s1. The molecule has 9 nitrogen and oxygen atoms in total. The Labute approximate surface area is 178 Å². The summed E-state index contributed by atoms with van der Waals surface area (Å²) >= 11 is 0. The molecule has 2 aliphatic heterocycles. The average molecular weight is 416 g/mol. The summed E-state index contributed by atoms with van der Waals surface area (Å²) in [5.74, 6) is 2.03. The zero-order chi connectivity index (χ0) is 21.1. The third kappa shape index (κ3) is 4.57. The van der Waals surface area contributed by atoms with Gasteiger partial charge in [-0.1, -0.05) is 0 Å². The molecule has 2 aliphatic rings. The van der Waals surface area contributed by atoms with Gasteiger partial charge in [0, 0.05) is 50.5 Å². The van der Waals surface area contributed by atoms with Crippen LogP contribution in [0.3, 0.4) is 0 Å². The van der Waals surface area contributed by atoms with Crippen LogP contribution in [0, 0.1) is 12.8 Å². The molecular weight excluding hydrogens is 382 g/mol. The zero-order valence-corrected chi connectivity index (χ0v) is 18.4. The Morgan fingerprint density at radius 2 is 2.03 bits per heavy atom. The van der Waals surface area contributed by atoms with Crippen molar-refractivity contribution < 1.29 is 9.53 Å². The smallest absolute Gasteiger partial charge is 0.310 e. The maximum absolute atomic E-state index is 12.2. The first-order valence-electron chi connectivity index (χ1n) is 11.1. The summed E-state index contributed by atoms with van der Waals surface area (Å²) in [4.78, 5) is 28.4. The van der Waals surface area contributed by atoms with Crippen molar-refractivity contribution in [3.05, 3.63) is 17.6 Å². The Morgan fingerprint density at radius 1 is 1.23 bits per heavy atom. The maximum atomic E-state index is 12.2. The quantitative estimate of drug-likeness (QED) is 0.647. The fraction of sp³-hybridized carbons (Fsp3) is 0.714. The van der Waals surface area contributed by atoms with Gasteiger partial charge in [0.25, 0.3) is 5.78 Å². The summed E-state index contributed by atoms with van der Waals surface area (Å²) in [7, 11) is 2.23. The number of likely N-dealkylation sites (tertiary alicyclic amines) is 1. The van der Waals surface area contributed by atoms with E-state index >= 15 is 0 Å². The molecule has 0 N–H and O–H groups in total. The second kappa shape index (κ2) is 9.26. The van der Waals surface area contributed by atoms with Crippen LogP contribution in [0.25, 0.3) is 5.78 Å². The van der Waals surface area contributed by atoms with Crippen molar-refractivity contribution in [3.63, 3.8) is 0 Å². The van der Waals surface area contributed by atoms with Crippen LogP contribution < -0.4 is 4.90 Å². The highest BCUT2D eigenvalue weighted by molar-refractivity contribution is 5.75. The van der Waals surface area contributed by atoms with Crippen LogP contribution in [0.5, 0.6) is 0 Å². The number of anilines is 1. The van der Waals surface area contributed by atoms with Gasteiger partial charge in [-0.2, -0.15) is 14.6 Å². The number of ether oxygens (including phenoxy) is 1. The molecule has 30 heavy (non-hydrogen) atoms. The van der Waals surface area contributed by atoms with Gasteiger partial charge in [-0.05, 0) is 46.2 Å². The van der Waals surface area contributed by atoms with Gasteiger partial charge in [-0.3, -0.25) is 9.69 Å². The predicted octanol–water partition coefficient (Wildman–Crippen LogP) is 1.00. The van der Waals surface area contributed by atoms with E-state index in [1.165, 1.54) is 38.8 Å². The fourth-order valence-corrected chi connectivity index (χ4v) is 4.79. The number of hydrogen-bond acceptors (Lipinski definition) is 8. The SMILES string of the molecule is CCOC(=O)Cc1c(C)nc2ncnn2c1N1CCN(C[C@H]2CCCN(C)C2)CC1. The first-order chi connectivity index (χ1) is 14.5. The van der Waals surface area contributed by atoms with Crippen LogP contribution in [-0.4, -0.2) is 94.8 Å². The summed E-state index contributed by atoms with van der Waals surface area (Å²) in [6.45, 7) is 11.6. The molecule has 0 saturated carbocycles. The van der Waals surface area contributed by atoms with E-state index in [-0.39, 0.29) is 12.4 Å². The normalized spacial score (nSPS) is 21.3. The highest BCUT2D eigenvalue weighted by Crippen LogP contribution is 2.26. The van der Waals surface area contributed by atoms with Crippen LogP contribution in [0.1, 0.15) is 31.0 Å². The summed E-state index contributed by atoms with van der Waals surface area (Å²) in [6, 6.07) is 0. The van der Waals surface area contributed by atoms with Crippen LogP contribution in [-0.2, 0) is 16.0 Å². The average Bonchev–Trinajstić information content (AvgIpc) is 3.17. The lowest BCUT2D eigenvalue weighted by Crippen LogP contribution is -2.50. The number of carbonyl (C=O) groups is 1. The van der Waals surface area contributed by atoms with Crippen molar-refractivity contribution in [1.82, 2.24) is 29.4 Å². The van der Waals surface area contributed by atoms with E-state index in [0.717, 1.165) is 49.2 Å². The lowest BCUT2D eigenvalue weighted by molar-refractivity contribution is -0.142. The van der Waals surface area contributed by atoms with Crippen molar-refractivity contribution >= 4 is 17.6 Å². The Bertz CT molecular complexity index is 876. The van der Waals surface area contributed by atoms with Gasteiger partial charge in [-0.25, -0.2) is 4.98 Å². The maximum Gasteiger partial charge on any atom is 0.310 e. The van der Waals surface area contributed by atoms with E-state index in [1.54, 1.807) is 4.52 Å². The monoisotopic (exact) mass is 415 g/mol. The molecule has 164 valence electrons. The molecule has 1 atom stereocenters. The van der Waals surface area contributed by atoms with Gasteiger partial charge in [0.15, 0.2) is 0 Å². The molecule has 0 bridgehead atoms. The number of hydrogen-bond donors (Lipinski definition) is 0. The van der Waals surface area contributed by atoms with E-state index in [1.807, 2.05) is 13.8 Å². The fourth-order valence-electron chi connectivity index (χ4n) is 4.79. The van der Waals surface area contributed by atoms with Crippen LogP contribution >= 0.6 is 0 Å². The van der Waals surface area contributed by atoms with Gasteiger partial charge >= 0.3 is 5.97 Å². The second-order valence-corrected chi connectivity index (χ2v) is 8.51. The molecule has 4 rings (SSSR count). The van der Waals surface area contributed by atoms with E-state index < -0.39 is 0 Å². The number of aromatic nitrogens is 4. The molecule has 4 heterocycles. The minimum Gasteiger partial charge on any atom is -0.466 e. The van der Waals surface area contributed by atoms with Crippen LogP contribution in [0.4, 0.5) is 5.82 Å². The zero-order valence-electron chi connectivity index (χ0n) is 18.4. The Hall–Kier alpha value is -2.26. The van der Waals surface area contributed by atoms with Gasteiger partial charge in [0.1, 0.15) is 12.1 Å². The van der Waals surface area contributed by atoms with Crippen LogP contribution in [0.15, 0.2) is 6.33 Å². The van der Waals surface area contributed by atoms with Gasteiger partial charge in [0.2, 0.25) is 0 Å². The van der Waals surface area contributed by atoms with E-state index in [2.05, 4.69) is 36.8 Å². The van der Waals surface area contributed by atoms with Crippen LogP contribution in [0.2, 0.25) is 0 Å². The lowest BCUT2D eigenvalue weighted by Gasteiger charge is -2.39. The van der Waals surface area contributed by atoms with Gasteiger partial charge < -0.3 is 14.5 Å². The number of nitrogens with zero attached hydrogens (tertiary/aromatic N) is 7. The Morgan fingerprint density at radius 3 is 2.77 bits per heavy atom. The molecule has 2 saturated heterocycles. The van der Waals surface area contributed by atoms with Gasteiger partial charge in [-0.15, -0.1) is 0 Å². The minimum absolute atomic E-state index is 0.201. The molecule has 2 aromatic rings. The van der Waals surface area contributed by atoms with E-state index in [9.17, 15) is 4.79 Å². The molecular formula is C21H33N7O2. The second-order valence-electron chi connectivity index (χ2n) is 8.51. The third-order valence-electron chi connectivity index (χ3n) is 6.24. The molecule has 2 fully saturated rings. The van der Waals surface area contributed by atoms with Crippen molar-refractivity contribution in [2.75, 3.05) is 64.4 Å². The van der Waals surface area contributed by atoms with Crippen molar-refractivity contribution in [1.29, 1.82) is 0 Å². The van der Waals surface area contributed by atoms with Crippen molar-refractivity contribution in [2.45, 2.75) is 33.1 Å². The summed E-state index contributed by atoms with van der Waals surface area (Å²) in [5.41, 5.74) is 1.69. The summed E-state index contributed by atoms with van der Waals surface area (Å²) < 4.78 is 6.98. The number of aryl methyl sites for hydroxylation is 1. The number of piperidine rings is 1. The molecule has 0 spiro atoms. The van der Waals surface area contributed by atoms with Crippen molar-refractivity contribution in [3.8, 4) is 0 Å². The topological polar surface area (TPSA) is 79.1 Å². The summed E-state index contributed by atoms with van der Waals surface area (Å²) in [5, 5.41) is 4.40. The summed E-state index contributed by atoms with van der Waals surface area (Å²) in [6.07, 6.45) is 4.36. The first kappa shape index (κ1) is 21.0. The lowest BCUT2D eigenvalue weighted by atomic mass is 9.97. The van der Waals surface area contributed by atoms with E-state index in [0.29, 0.717) is 12.4 Å². The van der Waals surface area contributed by atoms with E-state index in [4.69, 9.17) is 4.74 Å². The molecule has 9 heteroatoms. The number of carbonyl (C=O) groups excluding carboxylic acids is 1. The Balaban J connectivity index is 1.50. The predicted molar refractivity (Wildman–Crippen MR) is 115 cm³/mol. The highest BCUT2D eigenvalue weighted by Gasteiger charge is 2.27. The Kier molecular flexibility index (Phi) is 6.48. The molecule has 0 amide bonds. The highest BCUT2D eigenvalue weighted by atomic mass is 16.5. The first-order valence-corrected chi connectivity index (χ1v) is 11.1. The number of fused-ring (bicyclic) bond motifs is 1. The minimum atomic E-state index is -0.233. The molecule has 0 aromatic carbocycles. The molecule has 0 unspecified atom stereocenters. The molecule has 0 radical (unpaired) electrons. The molecule has 2 aromatic heterocycles. The number of piperazine rings is 1. The number of rotatable bonds is 6. The van der Waals surface area contributed by atoms with Crippen molar-refractivity contribution in [2.24, 2.45) is 5.92 Å².